The van der Waals surface area contributed by atoms with Crippen LogP contribution in [-0.4, -0.2) is 21.0 Å². The van der Waals surface area contributed by atoms with Crippen molar-refractivity contribution in [2.45, 2.75) is 6.92 Å². The van der Waals surface area contributed by atoms with Crippen LogP contribution in [-0.2, 0) is 0 Å². The summed E-state index contributed by atoms with van der Waals surface area (Å²) in [5.41, 5.74) is 11.6. The molecule has 0 spiro atoms. The zero-order valence-electron chi connectivity index (χ0n) is 6.52. The topological polar surface area (TPSA) is 110 Å². The summed E-state index contributed by atoms with van der Waals surface area (Å²) in [5, 5.41) is 11.1. The summed E-state index contributed by atoms with van der Waals surface area (Å²) in [6.07, 6.45) is 1.50. The molecule has 5 N–H and O–H groups in total. The molecule has 0 unspecified atom stereocenters. The van der Waals surface area contributed by atoms with E-state index < -0.39 is 0 Å². The Morgan fingerprint density at radius 2 is 2.33 bits per heavy atom. The van der Waals surface area contributed by atoms with Crippen molar-refractivity contribution in [3.05, 3.63) is 17.6 Å². The second-order valence-corrected chi connectivity index (χ2v) is 2.23. The van der Waals surface area contributed by atoms with Gasteiger partial charge in [-0.3, -0.25) is 0 Å². The molecule has 1 aromatic rings. The molecule has 0 radical (unpaired) electrons. The van der Waals surface area contributed by atoms with Crippen LogP contribution in [0.25, 0.3) is 0 Å². The van der Waals surface area contributed by atoms with Gasteiger partial charge in [0.05, 0.1) is 11.9 Å². The van der Waals surface area contributed by atoms with Crippen molar-refractivity contribution in [1.29, 1.82) is 0 Å². The standard InChI is InChI=1S/C6H9N5O/c1-3-2-9-5(7)4(10-3)6(8)11-12/h2,12H,1H3,(H2,7,9)(H2,8,11). The van der Waals surface area contributed by atoms with Gasteiger partial charge in [0.25, 0.3) is 0 Å². The Bertz CT molecular complexity index is 322. The number of nitrogens with zero attached hydrogens (tertiary/aromatic N) is 3. The summed E-state index contributed by atoms with van der Waals surface area (Å²) in [5.74, 6) is 0.0135. The van der Waals surface area contributed by atoms with Crippen molar-refractivity contribution in [2.75, 3.05) is 5.73 Å². The SMILES string of the molecule is Cc1cnc(N)c(/C(N)=N/O)n1. The molecule has 64 valence electrons. The second kappa shape index (κ2) is 3.04. The van der Waals surface area contributed by atoms with E-state index in [0.717, 1.165) is 0 Å². The number of nitrogens with two attached hydrogens (primary N) is 2. The maximum atomic E-state index is 8.34. The lowest BCUT2D eigenvalue weighted by atomic mass is 10.3. The van der Waals surface area contributed by atoms with Gasteiger partial charge in [-0.05, 0) is 6.92 Å². The Morgan fingerprint density at radius 3 is 2.92 bits per heavy atom. The van der Waals surface area contributed by atoms with Gasteiger partial charge in [-0.15, -0.1) is 0 Å². The van der Waals surface area contributed by atoms with Crippen LogP contribution in [0.15, 0.2) is 11.4 Å². The lowest BCUT2D eigenvalue weighted by molar-refractivity contribution is 0.318. The Balaban J connectivity index is 3.23. The van der Waals surface area contributed by atoms with E-state index in [-0.39, 0.29) is 17.3 Å². The normalized spacial score (nSPS) is 11.6. The van der Waals surface area contributed by atoms with Crippen molar-refractivity contribution < 1.29 is 5.21 Å². The fourth-order valence-corrected chi connectivity index (χ4v) is 0.722. The van der Waals surface area contributed by atoms with E-state index in [1.807, 2.05) is 0 Å². The van der Waals surface area contributed by atoms with Gasteiger partial charge in [0.1, 0.15) is 0 Å². The summed E-state index contributed by atoms with van der Waals surface area (Å²) in [4.78, 5) is 7.73. The highest BCUT2D eigenvalue weighted by Crippen LogP contribution is 2.04. The molecule has 1 heterocycles. The zero-order valence-corrected chi connectivity index (χ0v) is 6.52. The first-order chi connectivity index (χ1) is 5.65. The van der Waals surface area contributed by atoms with E-state index in [2.05, 4.69) is 15.1 Å². The Labute approximate surface area is 68.9 Å². The molecular formula is C6H9N5O. The minimum atomic E-state index is -0.135. The van der Waals surface area contributed by atoms with Crippen LogP contribution in [0.5, 0.6) is 0 Å². The summed E-state index contributed by atoms with van der Waals surface area (Å²) >= 11 is 0. The molecule has 1 aromatic heterocycles. The monoisotopic (exact) mass is 167 g/mol. The van der Waals surface area contributed by atoms with Crippen LogP contribution in [0.4, 0.5) is 5.82 Å². The smallest absolute Gasteiger partial charge is 0.192 e. The summed E-state index contributed by atoms with van der Waals surface area (Å²) in [6.45, 7) is 1.74. The molecule has 0 aliphatic heterocycles. The maximum absolute atomic E-state index is 8.34. The van der Waals surface area contributed by atoms with Crippen molar-refractivity contribution in [3.63, 3.8) is 0 Å². The van der Waals surface area contributed by atoms with Gasteiger partial charge in [-0.1, -0.05) is 5.16 Å². The fourth-order valence-electron chi connectivity index (χ4n) is 0.722. The average Bonchev–Trinajstić information content (AvgIpc) is 2.08. The molecule has 0 atom stereocenters. The van der Waals surface area contributed by atoms with Crippen LogP contribution >= 0.6 is 0 Å². The third-order valence-electron chi connectivity index (χ3n) is 1.27. The second-order valence-electron chi connectivity index (χ2n) is 2.23. The predicted molar refractivity (Wildman–Crippen MR) is 43.7 cm³/mol. The summed E-state index contributed by atoms with van der Waals surface area (Å²) < 4.78 is 0. The lowest BCUT2D eigenvalue weighted by Crippen LogP contribution is -2.18. The van der Waals surface area contributed by atoms with Crippen LogP contribution in [0.2, 0.25) is 0 Å². The zero-order chi connectivity index (χ0) is 9.14. The van der Waals surface area contributed by atoms with Gasteiger partial charge in [0.2, 0.25) is 0 Å². The van der Waals surface area contributed by atoms with Crippen molar-refractivity contribution in [2.24, 2.45) is 10.9 Å². The van der Waals surface area contributed by atoms with Gasteiger partial charge in [-0.25, -0.2) is 9.97 Å². The van der Waals surface area contributed by atoms with Crippen molar-refractivity contribution in [1.82, 2.24) is 9.97 Å². The van der Waals surface area contributed by atoms with Crippen molar-refractivity contribution in [3.8, 4) is 0 Å². The molecule has 0 saturated heterocycles. The lowest BCUT2D eigenvalue weighted by Gasteiger charge is -2.01. The average molecular weight is 167 g/mol. The Morgan fingerprint density at radius 1 is 1.67 bits per heavy atom. The molecule has 0 fully saturated rings. The number of amidine groups is 1. The highest BCUT2D eigenvalue weighted by molar-refractivity contribution is 5.98. The van der Waals surface area contributed by atoms with Gasteiger partial charge >= 0.3 is 0 Å². The van der Waals surface area contributed by atoms with E-state index in [1.54, 1.807) is 6.92 Å². The third kappa shape index (κ3) is 1.42. The molecule has 6 heteroatoms. The van der Waals surface area contributed by atoms with Gasteiger partial charge in [-0.2, -0.15) is 0 Å². The van der Waals surface area contributed by atoms with Crippen LogP contribution < -0.4 is 11.5 Å². The highest BCUT2D eigenvalue weighted by atomic mass is 16.4. The number of nitrogen functional groups attached to an aromatic ring is 1. The van der Waals surface area contributed by atoms with E-state index in [1.165, 1.54) is 6.20 Å². The first kappa shape index (κ1) is 8.25. The van der Waals surface area contributed by atoms with Crippen LogP contribution in [0, 0.1) is 6.92 Å². The summed E-state index contributed by atoms with van der Waals surface area (Å²) in [6, 6.07) is 0. The van der Waals surface area contributed by atoms with E-state index >= 15 is 0 Å². The van der Waals surface area contributed by atoms with Gasteiger partial charge < -0.3 is 16.7 Å². The number of rotatable bonds is 1. The quantitative estimate of drug-likeness (QED) is 0.225. The van der Waals surface area contributed by atoms with E-state index in [9.17, 15) is 0 Å². The molecule has 0 amide bonds. The van der Waals surface area contributed by atoms with Crippen LogP contribution in [0.3, 0.4) is 0 Å². The number of hydrogen-bond donors (Lipinski definition) is 3. The van der Waals surface area contributed by atoms with Crippen LogP contribution in [0.1, 0.15) is 11.4 Å². The largest absolute Gasteiger partial charge is 0.409 e. The maximum Gasteiger partial charge on any atom is 0.192 e. The number of oxime groups is 1. The minimum Gasteiger partial charge on any atom is -0.409 e. The number of aryl methyl sites for hydroxylation is 1. The number of hydrogen-bond acceptors (Lipinski definition) is 5. The first-order valence-electron chi connectivity index (χ1n) is 3.22. The van der Waals surface area contributed by atoms with E-state index in [0.29, 0.717) is 5.69 Å². The van der Waals surface area contributed by atoms with Crippen molar-refractivity contribution >= 4 is 11.7 Å². The molecule has 0 aromatic carbocycles. The molecule has 6 nitrogen and oxygen atoms in total. The first-order valence-corrected chi connectivity index (χ1v) is 3.22. The van der Waals surface area contributed by atoms with E-state index in [4.69, 9.17) is 16.7 Å². The number of anilines is 1. The number of aromatic nitrogens is 2. The highest BCUT2D eigenvalue weighted by Gasteiger charge is 2.06. The molecule has 0 aliphatic carbocycles. The Hall–Kier alpha value is -1.85. The van der Waals surface area contributed by atoms with Gasteiger partial charge in [0, 0.05) is 0 Å². The minimum absolute atomic E-state index is 0.135. The molecule has 0 saturated carbocycles. The van der Waals surface area contributed by atoms with Gasteiger partial charge in [0.15, 0.2) is 17.3 Å². The molecule has 12 heavy (non-hydrogen) atoms. The fraction of sp³-hybridized carbons (Fsp3) is 0.167. The molecule has 1 rings (SSSR count). The Kier molecular flexibility index (Phi) is 2.09. The molecule has 0 bridgehead atoms. The molecular weight excluding hydrogens is 158 g/mol. The predicted octanol–water partition coefficient (Wildman–Crippen LogP) is -0.538. The molecule has 0 aliphatic rings. The summed E-state index contributed by atoms with van der Waals surface area (Å²) in [7, 11) is 0. The third-order valence-corrected chi connectivity index (χ3v) is 1.27.